The van der Waals surface area contributed by atoms with Crippen LogP contribution in [0.3, 0.4) is 0 Å². The van der Waals surface area contributed by atoms with Crippen LogP contribution in [0.15, 0.2) is 23.8 Å². The Morgan fingerprint density at radius 3 is 2.19 bits per heavy atom. The molecule has 20 unspecified atom stereocenters. The van der Waals surface area contributed by atoms with Crippen molar-refractivity contribution in [1.29, 1.82) is 0 Å². The van der Waals surface area contributed by atoms with Crippen molar-refractivity contribution in [2.45, 2.75) is 191 Å². The summed E-state index contributed by atoms with van der Waals surface area (Å²) in [6, 6.07) is -0.750. The minimum atomic E-state index is -1.56. The Morgan fingerprint density at radius 1 is 0.906 bits per heavy atom. The number of methoxy groups -OCH3 is 2. The minimum Gasteiger partial charge on any atom is -0.462 e. The zero-order chi connectivity index (χ0) is 47.8. The van der Waals surface area contributed by atoms with E-state index in [4.69, 9.17) is 42.6 Å². The molecule has 64 heavy (non-hydrogen) atoms. The number of allylic oxidation sites excluding steroid dienone is 3. The van der Waals surface area contributed by atoms with E-state index in [1.807, 2.05) is 13.0 Å². The zero-order valence-electron chi connectivity index (χ0n) is 39.7. The van der Waals surface area contributed by atoms with Crippen molar-refractivity contribution in [3.8, 4) is 0 Å². The molecule has 0 aromatic carbocycles. The molecule has 20 atom stereocenters. The third kappa shape index (κ3) is 13.9. The van der Waals surface area contributed by atoms with Gasteiger partial charge in [-0.25, -0.2) is 0 Å². The van der Waals surface area contributed by atoms with Crippen molar-refractivity contribution < 1.29 is 82.5 Å². The molecule has 18 heteroatoms. The van der Waals surface area contributed by atoms with Crippen molar-refractivity contribution in [2.75, 3.05) is 34.9 Å². The highest BCUT2D eigenvalue weighted by Gasteiger charge is 2.52. The van der Waals surface area contributed by atoms with Crippen LogP contribution < -0.4 is 0 Å². The highest BCUT2D eigenvalue weighted by atomic mass is 16.8. The van der Waals surface area contributed by atoms with E-state index >= 15 is 0 Å². The summed E-state index contributed by atoms with van der Waals surface area (Å²) in [5, 5.41) is 55.9. The lowest BCUT2D eigenvalue weighted by Gasteiger charge is -2.50. The van der Waals surface area contributed by atoms with Crippen LogP contribution in [0.4, 0.5) is 0 Å². The molecule has 0 bridgehead atoms. The van der Waals surface area contributed by atoms with Crippen molar-refractivity contribution in [1.82, 2.24) is 4.90 Å². The van der Waals surface area contributed by atoms with E-state index in [9.17, 15) is 39.9 Å². The molecule has 368 valence electrons. The SMILES string of the molecule is CCC1OC(=O)CC(O)C(C)C(OC2OC(C)C(OC3CC(C)(O)C(O)C(C)O3)C(N(C)C)C2O)C(CC=O)CC(C)C(=O)/C=C/C(C)=C/C1COC1OC(C)(O)CC(OC)C1OC. The number of carbonyl (C=O) groups excluding carboxylic acids is 3. The lowest BCUT2D eigenvalue weighted by Crippen LogP contribution is -2.65. The van der Waals surface area contributed by atoms with Crippen LogP contribution >= 0.6 is 0 Å². The smallest absolute Gasteiger partial charge is 0.308 e. The number of hydrogen-bond acceptors (Lipinski definition) is 18. The van der Waals surface area contributed by atoms with Gasteiger partial charge in [0.25, 0.3) is 0 Å². The van der Waals surface area contributed by atoms with E-state index in [1.165, 1.54) is 34.1 Å². The fourth-order valence-electron chi connectivity index (χ4n) is 9.51. The average Bonchev–Trinajstić information content (AvgIpc) is 3.21. The first-order valence-electron chi connectivity index (χ1n) is 22.6. The number of ketones is 1. The van der Waals surface area contributed by atoms with Crippen LogP contribution in [0.25, 0.3) is 0 Å². The molecule has 5 N–H and O–H groups in total. The normalized spacial score (nSPS) is 45.9. The maximum Gasteiger partial charge on any atom is 0.308 e. The molecule has 0 aromatic rings. The van der Waals surface area contributed by atoms with Gasteiger partial charge in [0.1, 0.15) is 36.8 Å². The standard InChI is InChI=1S/C46H77NO17/c1-13-33-30(23-58-44-41(57-12)34(56-11)21-46(8,55)64-44)18-24(2)14-15-31(49)25(3)19-29(16-17-48)39(26(4)32(50)20-35(51)61-33)63-43-38(52)37(47(9)10)40(27(5)60-43)62-36-22-45(7,54)42(53)28(6)59-36/h14-15,17-18,25-30,32-34,36-44,50,52-55H,13,16,19-23H2,1-12H3/b15-14+,24-18+. The molecule has 4 heterocycles. The predicted octanol–water partition coefficient (Wildman–Crippen LogP) is 2.18. The minimum absolute atomic E-state index is 0.0375. The Labute approximate surface area is 378 Å². The Hall–Kier alpha value is -2.27. The summed E-state index contributed by atoms with van der Waals surface area (Å²) >= 11 is 0. The number of nitrogens with zero attached hydrogens (tertiary/aromatic N) is 1. The number of carbonyl (C=O) groups is 3. The summed E-state index contributed by atoms with van der Waals surface area (Å²) < 4.78 is 54.6. The number of ether oxygens (including phenoxy) is 9. The quantitative estimate of drug-likeness (QED) is 0.131. The van der Waals surface area contributed by atoms with Crippen molar-refractivity contribution in [3.63, 3.8) is 0 Å². The molecule has 18 nitrogen and oxygen atoms in total. The number of rotatable bonds is 13. The summed E-state index contributed by atoms with van der Waals surface area (Å²) in [7, 11) is 6.50. The molecule has 0 aromatic heterocycles. The molecule has 0 amide bonds. The van der Waals surface area contributed by atoms with E-state index in [2.05, 4.69) is 0 Å². The molecule has 0 spiro atoms. The molecular weight excluding hydrogens is 838 g/mol. The van der Waals surface area contributed by atoms with Gasteiger partial charge in [-0.1, -0.05) is 38.5 Å². The predicted molar refractivity (Wildman–Crippen MR) is 230 cm³/mol. The molecule has 0 radical (unpaired) electrons. The van der Waals surface area contributed by atoms with Crippen LogP contribution in [0.5, 0.6) is 0 Å². The van der Waals surface area contributed by atoms with Gasteiger partial charge in [-0.3, -0.25) is 9.59 Å². The van der Waals surface area contributed by atoms with Gasteiger partial charge in [-0.2, -0.15) is 0 Å². The van der Waals surface area contributed by atoms with Gasteiger partial charge in [0.15, 0.2) is 30.4 Å². The van der Waals surface area contributed by atoms with Gasteiger partial charge >= 0.3 is 5.97 Å². The van der Waals surface area contributed by atoms with Gasteiger partial charge in [-0.15, -0.1) is 0 Å². The summed E-state index contributed by atoms with van der Waals surface area (Å²) in [6.45, 7) is 13.4. The Kier molecular flexibility index (Phi) is 20.1. The number of likely N-dealkylation sites (N-methyl/N-ethyl adjacent to an activating group) is 1. The molecular formula is C46H77NO17. The second-order valence-corrected chi connectivity index (χ2v) is 19.0. The highest BCUT2D eigenvalue weighted by Crippen LogP contribution is 2.38. The monoisotopic (exact) mass is 916 g/mol. The van der Waals surface area contributed by atoms with Gasteiger partial charge in [-0.05, 0) is 73.5 Å². The van der Waals surface area contributed by atoms with Crippen LogP contribution in [0, 0.1) is 23.7 Å². The molecule has 3 fully saturated rings. The van der Waals surface area contributed by atoms with Gasteiger partial charge in [0, 0.05) is 51.2 Å². The summed E-state index contributed by atoms with van der Waals surface area (Å²) in [5.41, 5.74) is -0.818. The van der Waals surface area contributed by atoms with Crippen LogP contribution in [-0.4, -0.2) is 181 Å². The maximum atomic E-state index is 13.8. The molecule has 4 aliphatic heterocycles. The first kappa shape index (κ1) is 54.3. The molecule has 3 saturated heterocycles. The van der Waals surface area contributed by atoms with Gasteiger partial charge < -0.3 is 77.9 Å². The zero-order valence-corrected chi connectivity index (χ0v) is 39.7. The van der Waals surface area contributed by atoms with E-state index in [0.29, 0.717) is 18.3 Å². The third-order valence-electron chi connectivity index (χ3n) is 13.3. The van der Waals surface area contributed by atoms with Crippen molar-refractivity contribution in [3.05, 3.63) is 23.8 Å². The lowest BCUT2D eigenvalue weighted by atomic mass is 9.79. The van der Waals surface area contributed by atoms with Crippen LogP contribution in [-0.2, 0) is 57.0 Å². The largest absolute Gasteiger partial charge is 0.462 e. The van der Waals surface area contributed by atoms with Crippen LogP contribution in [0.1, 0.15) is 93.9 Å². The Morgan fingerprint density at radius 2 is 1.59 bits per heavy atom. The number of hydrogen-bond donors (Lipinski definition) is 5. The topological polar surface area (TPSA) is 239 Å². The lowest BCUT2D eigenvalue weighted by molar-refractivity contribution is -0.357. The third-order valence-corrected chi connectivity index (χ3v) is 13.3. The van der Waals surface area contributed by atoms with Crippen LogP contribution in [0.2, 0.25) is 0 Å². The number of aliphatic hydroxyl groups is 5. The number of aldehydes is 1. The maximum absolute atomic E-state index is 13.8. The van der Waals surface area contributed by atoms with Crippen molar-refractivity contribution >= 4 is 18.0 Å². The summed E-state index contributed by atoms with van der Waals surface area (Å²) in [4.78, 5) is 41.5. The molecule has 4 aliphatic rings. The first-order chi connectivity index (χ1) is 30.0. The van der Waals surface area contributed by atoms with E-state index in [1.54, 1.807) is 59.7 Å². The molecule has 0 aliphatic carbocycles. The average molecular weight is 916 g/mol. The summed E-state index contributed by atoms with van der Waals surface area (Å²) in [5.74, 6) is -5.20. The Bertz CT molecular complexity index is 1570. The molecule has 4 rings (SSSR count). The highest BCUT2D eigenvalue weighted by molar-refractivity contribution is 5.91. The first-order valence-corrected chi connectivity index (χ1v) is 22.6. The second-order valence-electron chi connectivity index (χ2n) is 19.0. The second kappa shape index (κ2) is 23.6. The Balaban J connectivity index is 1.62. The van der Waals surface area contributed by atoms with Crippen molar-refractivity contribution in [2.24, 2.45) is 23.7 Å². The van der Waals surface area contributed by atoms with Gasteiger partial charge in [0.2, 0.25) is 0 Å². The van der Waals surface area contributed by atoms with E-state index < -0.39 is 133 Å². The number of cyclic esters (lactones) is 1. The van der Waals surface area contributed by atoms with E-state index in [0.717, 1.165) is 0 Å². The fraction of sp³-hybridized carbons (Fsp3) is 0.848. The fourth-order valence-corrected chi connectivity index (χ4v) is 9.51. The van der Waals surface area contributed by atoms with Gasteiger partial charge in [0.05, 0.1) is 55.2 Å². The number of aliphatic hydroxyl groups excluding tert-OH is 3. The summed E-state index contributed by atoms with van der Waals surface area (Å²) in [6.07, 6.45) is -6.66. The molecule has 0 saturated carbocycles. The number of esters is 1. The van der Waals surface area contributed by atoms with E-state index in [-0.39, 0.29) is 38.1 Å².